The number of carbonyl (C=O) groups is 6. The Morgan fingerprint density at radius 2 is 0.672 bits per heavy atom. The van der Waals surface area contributed by atoms with Crippen molar-refractivity contribution in [1.82, 2.24) is 31.1 Å². The molecule has 0 aliphatic rings. The summed E-state index contributed by atoms with van der Waals surface area (Å²) in [6, 6.07) is 39.1. The molecule has 0 saturated carbocycles. The first-order valence-electron chi connectivity index (χ1n) is 21.2. The van der Waals surface area contributed by atoms with E-state index in [1.807, 2.05) is 24.3 Å². The van der Waals surface area contributed by atoms with Crippen LogP contribution in [-0.2, 0) is 45.4 Å². The van der Waals surface area contributed by atoms with Crippen molar-refractivity contribution < 1.29 is 52.6 Å². The molecule has 5 aromatic carbocycles. The van der Waals surface area contributed by atoms with Crippen LogP contribution in [0, 0.1) is 10.1 Å². The first-order chi connectivity index (χ1) is 32.5. The summed E-state index contributed by atoms with van der Waals surface area (Å²) in [6.07, 6.45) is -3.06. The average molecular weight is 918 g/mol. The molecule has 0 fully saturated rings. The molecule has 0 bridgehead atoms. The highest BCUT2D eigenvalue weighted by atomic mass is 16.6. The molecule has 67 heavy (non-hydrogen) atoms. The van der Waals surface area contributed by atoms with Crippen LogP contribution in [0.4, 0.5) is 24.9 Å². The number of carbonyl (C=O) groups excluding carboxylic acids is 6. The van der Waals surface area contributed by atoms with E-state index < -0.39 is 46.8 Å². The van der Waals surface area contributed by atoms with E-state index in [9.17, 15) is 38.9 Å². The number of benzene rings is 5. The van der Waals surface area contributed by atoms with E-state index >= 15 is 0 Å². The van der Waals surface area contributed by atoms with Gasteiger partial charge in [0, 0.05) is 75.6 Å². The zero-order valence-electron chi connectivity index (χ0n) is 36.5. The van der Waals surface area contributed by atoms with Gasteiger partial charge in [0.2, 0.25) is 0 Å². The first-order valence-corrected chi connectivity index (χ1v) is 21.2. The van der Waals surface area contributed by atoms with Crippen molar-refractivity contribution >= 4 is 41.9 Å². The van der Waals surface area contributed by atoms with Crippen LogP contribution >= 0.6 is 0 Å². The molecule has 350 valence electrons. The zero-order valence-corrected chi connectivity index (χ0v) is 36.5. The van der Waals surface area contributed by atoms with Crippen molar-refractivity contribution in [2.75, 3.05) is 52.4 Å². The Balaban J connectivity index is 1.29. The quantitative estimate of drug-likeness (QED) is 0.0326. The van der Waals surface area contributed by atoms with Crippen LogP contribution in [0.15, 0.2) is 140 Å². The van der Waals surface area contributed by atoms with Gasteiger partial charge in [0.15, 0.2) is 0 Å². The van der Waals surface area contributed by atoms with E-state index in [1.165, 1.54) is 15.9 Å². The molecule has 0 aliphatic carbocycles. The monoisotopic (exact) mass is 917 g/mol. The van der Waals surface area contributed by atoms with Crippen LogP contribution < -0.4 is 21.3 Å². The summed E-state index contributed by atoms with van der Waals surface area (Å²) >= 11 is 0. The highest BCUT2D eigenvalue weighted by Crippen LogP contribution is 2.21. The standard InChI is InChI=1S/C48H51N7O12/c56-43(53(25-21-49-45(58)64-32-36-13-5-1-6-14-36)26-22-50-46(59)65-33-37-15-7-2-8-16-37)40-29-41(31-42(30-40)55(62)63)44(57)54(27-23-51-47(60)66-34-38-17-9-3-10-18-38)28-24-52-48(61)67-35-39-19-11-4-12-20-39/h1-20,29-31H,21-28,32-35H2,(H,49,58)(H,50,59)(H,51,60)(H,52,61). The van der Waals surface area contributed by atoms with Crippen molar-refractivity contribution in [3.63, 3.8) is 0 Å². The molecular weight excluding hydrogens is 867 g/mol. The Bertz CT molecular complexity index is 2110. The number of hydrogen-bond donors (Lipinski definition) is 4. The van der Waals surface area contributed by atoms with E-state index in [4.69, 9.17) is 18.9 Å². The Morgan fingerprint density at radius 1 is 0.418 bits per heavy atom. The van der Waals surface area contributed by atoms with Gasteiger partial charge in [-0.05, 0) is 28.3 Å². The Morgan fingerprint density at radius 3 is 0.910 bits per heavy atom. The van der Waals surface area contributed by atoms with E-state index in [0.717, 1.165) is 34.4 Å². The van der Waals surface area contributed by atoms with Crippen molar-refractivity contribution in [1.29, 1.82) is 0 Å². The third kappa shape index (κ3) is 17.9. The molecule has 5 aromatic rings. The summed E-state index contributed by atoms with van der Waals surface area (Å²) in [4.78, 5) is 92.6. The lowest BCUT2D eigenvalue weighted by Crippen LogP contribution is -2.43. The molecule has 0 atom stereocenters. The van der Waals surface area contributed by atoms with Crippen molar-refractivity contribution in [2.24, 2.45) is 0 Å². The second kappa shape index (κ2) is 27.0. The maximum atomic E-state index is 14.2. The van der Waals surface area contributed by atoms with Gasteiger partial charge in [-0.2, -0.15) is 0 Å². The van der Waals surface area contributed by atoms with Crippen LogP contribution in [0.25, 0.3) is 0 Å². The molecule has 4 N–H and O–H groups in total. The summed E-state index contributed by atoms with van der Waals surface area (Å²) in [5.41, 5.74) is 1.94. The van der Waals surface area contributed by atoms with E-state index in [2.05, 4.69) is 21.3 Å². The second-order valence-corrected chi connectivity index (χ2v) is 14.6. The van der Waals surface area contributed by atoms with E-state index in [0.29, 0.717) is 0 Å². The maximum absolute atomic E-state index is 14.2. The Kier molecular flexibility index (Phi) is 19.9. The number of nitrogens with one attached hydrogen (secondary N) is 4. The van der Waals surface area contributed by atoms with Gasteiger partial charge in [-0.1, -0.05) is 121 Å². The lowest BCUT2D eigenvalue weighted by Gasteiger charge is -2.25. The molecule has 19 heteroatoms. The van der Waals surface area contributed by atoms with Crippen molar-refractivity contribution in [3.05, 3.63) is 183 Å². The van der Waals surface area contributed by atoms with Crippen LogP contribution in [0.1, 0.15) is 43.0 Å². The maximum Gasteiger partial charge on any atom is 0.407 e. The predicted octanol–water partition coefficient (Wildman–Crippen LogP) is 6.18. The largest absolute Gasteiger partial charge is 0.445 e. The topological polar surface area (TPSA) is 237 Å². The van der Waals surface area contributed by atoms with Crippen LogP contribution in [0.5, 0.6) is 0 Å². The van der Waals surface area contributed by atoms with Crippen molar-refractivity contribution in [3.8, 4) is 0 Å². The van der Waals surface area contributed by atoms with E-state index in [1.54, 1.807) is 97.1 Å². The molecule has 0 unspecified atom stereocenters. The summed E-state index contributed by atoms with van der Waals surface area (Å²) in [6.45, 7) is -1.06. The molecule has 5 rings (SSSR count). The number of ether oxygens (including phenoxy) is 4. The summed E-state index contributed by atoms with van der Waals surface area (Å²) < 4.78 is 21.1. The minimum Gasteiger partial charge on any atom is -0.445 e. The van der Waals surface area contributed by atoms with Crippen molar-refractivity contribution in [2.45, 2.75) is 26.4 Å². The molecule has 0 aliphatic heterocycles. The minimum atomic E-state index is -0.770. The molecule has 6 amide bonds. The summed E-state index contributed by atoms with van der Waals surface area (Å²) in [5, 5.41) is 22.5. The first kappa shape index (κ1) is 49.5. The lowest BCUT2D eigenvalue weighted by molar-refractivity contribution is -0.384. The van der Waals surface area contributed by atoms with Gasteiger partial charge in [-0.25, -0.2) is 19.2 Å². The number of amides is 6. The Labute approximate surface area is 386 Å². The highest BCUT2D eigenvalue weighted by molar-refractivity contribution is 6.01. The third-order valence-electron chi connectivity index (χ3n) is 9.65. The van der Waals surface area contributed by atoms with Gasteiger partial charge in [-0.15, -0.1) is 0 Å². The predicted molar refractivity (Wildman–Crippen MR) is 243 cm³/mol. The molecule has 0 saturated heterocycles. The van der Waals surface area contributed by atoms with Gasteiger partial charge in [0.1, 0.15) is 26.4 Å². The van der Waals surface area contributed by atoms with Crippen LogP contribution in [0.3, 0.4) is 0 Å². The molecule has 0 aromatic heterocycles. The number of rotatable bonds is 23. The number of non-ortho nitro benzene ring substituents is 1. The zero-order chi connectivity index (χ0) is 47.6. The van der Waals surface area contributed by atoms with Gasteiger partial charge >= 0.3 is 24.4 Å². The van der Waals surface area contributed by atoms with Crippen LogP contribution in [-0.4, -0.2) is 103 Å². The van der Waals surface area contributed by atoms with E-state index in [-0.39, 0.29) is 89.9 Å². The SMILES string of the molecule is O=C(NCCN(CCNC(=O)OCc1ccccc1)C(=O)c1cc(C(=O)N(CCNC(=O)OCc2ccccc2)CCNC(=O)OCc2ccccc2)cc([N+](=O)[O-])c1)OCc1ccccc1. The lowest BCUT2D eigenvalue weighted by atomic mass is 10.1. The van der Waals surface area contributed by atoms with Gasteiger partial charge in [-0.3, -0.25) is 19.7 Å². The molecular formula is C48H51N7O12. The number of nitrogens with zero attached hydrogens (tertiary/aromatic N) is 3. The summed E-state index contributed by atoms with van der Waals surface area (Å²) in [7, 11) is 0. The molecule has 19 nitrogen and oxygen atoms in total. The fourth-order valence-corrected chi connectivity index (χ4v) is 6.23. The average Bonchev–Trinajstić information content (AvgIpc) is 3.35. The summed E-state index contributed by atoms with van der Waals surface area (Å²) in [5.74, 6) is -1.54. The fraction of sp³-hybridized carbons (Fsp3) is 0.250. The van der Waals surface area contributed by atoms with Crippen LogP contribution in [0.2, 0.25) is 0 Å². The Hall–Kier alpha value is -8.48. The smallest absolute Gasteiger partial charge is 0.407 e. The second-order valence-electron chi connectivity index (χ2n) is 14.6. The number of alkyl carbamates (subject to hydrolysis) is 4. The van der Waals surface area contributed by atoms with Gasteiger partial charge < -0.3 is 50.0 Å². The number of nitro benzene ring substituents is 1. The normalized spacial score (nSPS) is 10.4. The molecule has 0 heterocycles. The molecule has 0 spiro atoms. The minimum absolute atomic E-state index is 0.00531. The van der Waals surface area contributed by atoms with Gasteiger partial charge in [0.25, 0.3) is 17.5 Å². The number of hydrogen-bond acceptors (Lipinski definition) is 12. The highest BCUT2D eigenvalue weighted by Gasteiger charge is 2.25. The van der Waals surface area contributed by atoms with Gasteiger partial charge in [0.05, 0.1) is 4.92 Å². The number of nitro groups is 1. The third-order valence-corrected chi connectivity index (χ3v) is 9.65. The molecule has 0 radical (unpaired) electrons. The fourth-order valence-electron chi connectivity index (χ4n) is 6.23.